The van der Waals surface area contributed by atoms with Crippen molar-refractivity contribution in [3.05, 3.63) is 273 Å². The second-order valence-corrected chi connectivity index (χ2v) is 15.6. The molecule has 1 heteroatoms. The number of fused-ring (bicyclic) bond motifs is 1. The SMILES string of the molecule is [2H]c1c([2H])c(N(c2c([2H])c([2H])c(-c3cccc(-c4ccc5ccccc5c4)c3)c([2H])c2[2H])c2c([2H])c([2H])c(-c3cc(-c4ccccc4)cc(-c4ccccc4)c3)c([2H])c2[2H])c([2H])c([2H])c1-c1ccc(-c2ccccc2)cc1. The first-order valence-corrected chi connectivity index (χ1v) is 21.3. The largest absolute Gasteiger partial charge is 0.311 e. The van der Waals surface area contributed by atoms with Crippen LogP contribution in [-0.4, -0.2) is 0 Å². The van der Waals surface area contributed by atoms with Crippen LogP contribution in [0.25, 0.3) is 88.7 Å². The van der Waals surface area contributed by atoms with Gasteiger partial charge in [0.1, 0.15) is 0 Å². The van der Waals surface area contributed by atoms with Gasteiger partial charge in [0.05, 0.1) is 16.4 Å². The topological polar surface area (TPSA) is 3.24 Å². The molecule has 11 rings (SSSR count). The number of hydrogen-bond donors (Lipinski definition) is 0. The van der Waals surface area contributed by atoms with E-state index >= 15 is 0 Å². The monoisotopic (exact) mass is 839 g/mol. The van der Waals surface area contributed by atoms with Crippen LogP contribution in [0.15, 0.2) is 273 Å². The van der Waals surface area contributed by atoms with E-state index in [1.807, 2.05) is 158 Å². The molecule has 11 aromatic rings. The van der Waals surface area contributed by atoms with Crippen molar-refractivity contribution in [1.82, 2.24) is 0 Å². The maximum absolute atomic E-state index is 9.82. The second kappa shape index (κ2) is 17.7. The number of rotatable bonds is 10. The Kier molecular flexibility index (Phi) is 7.68. The molecule has 306 valence electrons. The highest BCUT2D eigenvalue weighted by Crippen LogP contribution is 2.40. The van der Waals surface area contributed by atoms with Gasteiger partial charge in [-0.15, -0.1) is 0 Å². The zero-order valence-corrected chi connectivity index (χ0v) is 35.0. The van der Waals surface area contributed by atoms with E-state index in [1.165, 1.54) is 0 Å². The van der Waals surface area contributed by atoms with E-state index in [4.69, 9.17) is 0 Å². The summed E-state index contributed by atoms with van der Waals surface area (Å²) in [5.41, 5.74) is 5.65. The maximum Gasteiger partial charge on any atom is 0.0645 e. The van der Waals surface area contributed by atoms with Crippen molar-refractivity contribution in [1.29, 1.82) is 0 Å². The van der Waals surface area contributed by atoms with Crippen molar-refractivity contribution >= 4 is 27.8 Å². The minimum atomic E-state index is -0.686. The molecule has 0 saturated heterocycles. The van der Waals surface area contributed by atoms with Gasteiger partial charge in [0.15, 0.2) is 0 Å². The van der Waals surface area contributed by atoms with Gasteiger partial charge in [-0.05, 0) is 155 Å². The Balaban J connectivity index is 1.14. The maximum atomic E-state index is 9.82. The van der Waals surface area contributed by atoms with E-state index in [9.17, 15) is 16.4 Å². The molecular formula is C64H45N. The Morgan fingerprint density at radius 3 is 0.985 bits per heavy atom. The molecule has 0 aliphatic rings. The van der Waals surface area contributed by atoms with Crippen molar-refractivity contribution < 1.29 is 16.4 Å². The molecule has 0 saturated carbocycles. The van der Waals surface area contributed by atoms with Crippen molar-refractivity contribution in [2.24, 2.45) is 0 Å². The Morgan fingerprint density at radius 1 is 0.200 bits per heavy atom. The lowest BCUT2D eigenvalue weighted by Gasteiger charge is -2.26. The number of hydrogen-bond acceptors (Lipinski definition) is 1. The number of benzene rings is 11. The van der Waals surface area contributed by atoms with Crippen molar-refractivity contribution in [3.63, 3.8) is 0 Å². The molecule has 0 heterocycles. The highest BCUT2D eigenvalue weighted by Gasteiger charge is 2.15. The Bertz CT molecular complexity index is 3970. The molecule has 0 aromatic heterocycles. The van der Waals surface area contributed by atoms with Crippen LogP contribution in [0.1, 0.15) is 16.4 Å². The third-order valence-corrected chi connectivity index (χ3v) is 11.5. The summed E-state index contributed by atoms with van der Waals surface area (Å²) in [5, 5.41) is 2.05. The summed E-state index contributed by atoms with van der Waals surface area (Å²) in [6, 6.07) is 55.0. The van der Waals surface area contributed by atoms with Gasteiger partial charge in [-0.1, -0.05) is 206 Å². The predicted molar refractivity (Wildman–Crippen MR) is 277 cm³/mol. The van der Waals surface area contributed by atoms with E-state index in [0.717, 1.165) is 60.2 Å². The highest BCUT2D eigenvalue weighted by atomic mass is 15.1. The summed E-state index contributed by atoms with van der Waals surface area (Å²) in [6.45, 7) is 0. The summed E-state index contributed by atoms with van der Waals surface area (Å²) in [4.78, 5) is 0.860. The van der Waals surface area contributed by atoms with Crippen LogP contribution in [0.3, 0.4) is 0 Å². The third-order valence-electron chi connectivity index (χ3n) is 11.5. The molecule has 0 unspecified atom stereocenters. The fourth-order valence-electron chi connectivity index (χ4n) is 8.07. The van der Waals surface area contributed by atoms with Crippen LogP contribution in [-0.2, 0) is 0 Å². The van der Waals surface area contributed by atoms with E-state index < -0.39 is 89.6 Å². The van der Waals surface area contributed by atoms with E-state index in [0.29, 0.717) is 16.7 Å². The standard InChI is InChI=1S/C64H45N/c1-4-13-46(14-5-1)50-23-25-51(26-24-50)52-29-35-62(36-30-52)65(63-37-31-53(32-38-63)56-21-12-22-57(41-56)58-28-27-49-19-10-11-20-55(49)42-58)64-39-33-54(34-40-64)61-44-59(47-15-6-2-7-16-47)43-60(45-61)48-17-8-3-9-18-48/h1-45H/i29D,30D,31D,32D,33D,34D,35D,36D,37D,38D,39D,40D. The second-order valence-electron chi connectivity index (χ2n) is 15.6. The quantitative estimate of drug-likeness (QED) is 0.133. The molecule has 0 bridgehead atoms. The summed E-state index contributed by atoms with van der Waals surface area (Å²) in [7, 11) is 0. The third kappa shape index (κ3) is 8.40. The molecule has 11 aromatic carbocycles. The molecule has 0 aliphatic heterocycles. The van der Waals surface area contributed by atoms with Gasteiger partial charge in [-0.3, -0.25) is 0 Å². The van der Waals surface area contributed by atoms with Gasteiger partial charge < -0.3 is 4.90 Å². The summed E-state index contributed by atoms with van der Waals surface area (Å²) < 4.78 is 116. The highest BCUT2D eigenvalue weighted by molar-refractivity contribution is 5.89. The van der Waals surface area contributed by atoms with Crippen LogP contribution in [0, 0.1) is 0 Å². The summed E-state index contributed by atoms with van der Waals surface area (Å²) in [6.07, 6.45) is 0. The van der Waals surface area contributed by atoms with Gasteiger partial charge in [0, 0.05) is 17.1 Å². The Labute approximate surface area is 398 Å². The molecule has 0 radical (unpaired) electrons. The number of nitrogens with zero attached hydrogens (tertiary/aromatic N) is 1. The fourth-order valence-corrected chi connectivity index (χ4v) is 8.07. The van der Waals surface area contributed by atoms with Crippen LogP contribution in [0.5, 0.6) is 0 Å². The number of anilines is 3. The molecule has 0 fully saturated rings. The first-order valence-electron chi connectivity index (χ1n) is 27.3. The molecule has 65 heavy (non-hydrogen) atoms. The molecule has 0 spiro atoms. The van der Waals surface area contributed by atoms with E-state index in [1.54, 1.807) is 42.5 Å². The minimum absolute atomic E-state index is 0.0630. The average Bonchev–Trinajstić information content (AvgIpc) is 3.56. The predicted octanol–water partition coefficient (Wildman–Crippen LogP) is 18.0. The van der Waals surface area contributed by atoms with Crippen LogP contribution < -0.4 is 4.90 Å². The van der Waals surface area contributed by atoms with E-state index in [-0.39, 0.29) is 16.7 Å². The zero-order valence-electron chi connectivity index (χ0n) is 47.0. The van der Waals surface area contributed by atoms with Gasteiger partial charge >= 0.3 is 0 Å². The lowest BCUT2D eigenvalue weighted by molar-refractivity contribution is 1.28. The van der Waals surface area contributed by atoms with Crippen molar-refractivity contribution in [2.75, 3.05) is 4.90 Å². The average molecular weight is 840 g/mol. The van der Waals surface area contributed by atoms with Crippen LogP contribution in [0.4, 0.5) is 17.1 Å². The lowest BCUT2D eigenvalue weighted by Crippen LogP contribution is -2.09. The van der Waals surface area contributed by atoms with Gasteiger partial charge in [-0.2, -0.15) is 0 Å². The zero-order chi connectivity index (χ0) is 53.8. The molecule has 0 aliphatic carbocycles. The fraction of sp³-hybridized carbons (Fsp3) is 0. The minimum Gasteiger partial charge on any atom is -0.311 e. The smallest absolute Gasteiger partial charge is 0.0645 e. The first-order chi connectivity index (χ1) is 37.2. The molecule has 0 N–H and O–H groups in total. The van der Waals surface area contributed by atoms with E-state index in [2.05, 4.69) is 0 Å². The Hall–Kier alpha value is -8.52. The first kappa shape index (κ1) is 28.2. The lowest BCUT2D eigenvalue weighted by atomic mass is 9.93. The van der Waals surface area contributed by atoms with Crippen molar-refractivity contribution in [2.45, 2.75) is 0 Å². The molecule has 0 amide bonds. The molecule has 1 nitrogen and oxygen atoms in total. The molecular weight excluding hydrogens is 783 g/mol. The molecule has 0 atom stereocenters. The Morgan fingerprint density at radius 2 is 0.492 bits per heavy atom. The van der Waals surface area contributed by atoms with Crippen molar-refractivity contribution in [3.8, 4) is 77.9 Å². The van der Waals surface area contributed by atoms with Gasteiger partial charge in [0.2, 0.25) is 0 Å². The normalized spacial score (nSPS) is 13.7. The summed E-state index contributed by atoms with van der Waals surface area (Å²) >= 11 is 0. The van der Waals surface area contributed by atoms with Gasteiger partial charge in [-0.25, -0.2) is 0 Å². The van der Waals surface area contributed by atoms with Gasteiger partial charge in [0.25, 0.3) is 0 Å². The van der Waals surface area contributed by atoms with Crippen LogP contribution >= 0.6 is 0 Å². The van der Waals surface area contributed by atoms with Crippen LogP contribution in [0.2, 0.25) is 0 Å². The summed E-state index contributed by atoms with van der Waals surface area (Å²) in [5.74, 6) is 0.